The van der Waals surface area contributed by atoms with Gasteiger partial charge in [-0.05, 0) is 31.2 Å². The van der Waals surface area contributed by atoms with E-state index in [0.29, 0.717) is 24.6 Å². The van der Waals surface area contributed by atoms with E-state index in [1.54, 1.807) is 11.0 Å². The van der Waals surface area contributed by atoms with Gasteiger partial charge in [-0.2, -0.15) is 4.31 Å². The zero-order valence-corrected chi connectivity index (χ0v) is 19.1. The van der Waals surface area contributed by atoms with E-state index < -0.39 is 10.0 Å². The van der Waals surface area contributed by atoms with Gasteiger partial charge in [0.25, 0.3) is 0 Å². The molecule has 0 saturated carbocycles. The highest BCUT2D eigenvalue weighted by Crippen LogP contribution is 2.31. The van der Waals surface area contributed by atoms with Crippen LogP contribution >= 0.6 is 0 Å². The van der Waals surface area contributed by atoms with Crippen molar-refractivity contribution in [2.24, 2.45) is 0 Å². The lowest BCUT2D eigenvalue weighted by Crippen LogP contribution is -2.51. The van der Waals surface area contributed by atoms with Crippen LogP contribution in [0, 0.1) is 6.92 Å². The number of para-hydroxylation sites is 2. The number of rotatable bonds is 6. The fourth-order valence-electron chi connectivity index (χ4n) is 3.93. The minimum Gasteiger partial charge on any atom is -0.493 e. The third-order valence-electron chi connectivity index (χ3n) is 5.72. The van der Waals surface area contributed by atoms with E-state index >= 15 is 0 Å². The lowest BCUT2D eigenvalue weighted by atomic mass is 10.3. The van der Waals surface area contributed by atoms with Crippen molar-refractivity contribution < 1.29 is 22.7 Å². The van der Waals surface area contributed by atoms with Gasteiger partial charge in [0, 0.05) is 32.2 Å². The molecule has 2 heterocycles. The highest BCUT2D eigenvalue weighted by atomic mass is 32.2. The number of hydrogen-bond acceptors (Lipinski definition) is 6. The highest BCUT2D eigenvalue weighted by Gasteiger charge is 2.31. The third-order valence-corrected chi connectivity index (χ3v) is 7.62. The van der Waals surface area contributed by atoms with Crippen molar-refractivity contribution in [2.75, 3.05) is 40.4 Å². The third kappa shape index (κ3) is 4.03. The van der Waals surface area contributed by atoms with Crippen LogP contribution in [0.25, 0.3) is 11.0 Å². The van der Waals surface area contributed by atoms with E-state index in [9.17, 15) is 13.2 Å². The standard InChI is InChI=1S/C22H26N4O5S/c1-16-23-18-6-4-5-7-19(18)26(16)15-22(27)24-10-12-25(13-11-24)32(28,29)17-8-9-20(30-2)21(14-17)31-3/h4-9,14H,10-13,15H2,1-3H3. The minimum atomic E-state index is -3.71. The Morgan fingerprint density at radius 3 is 2.38 bits per heavy atom. The second-order valence-electron chi connectivity index (χ2n) is 7.54. The lowest BCUT2D eigenvalue weighted by Gasteiger charge is -2.34. The predicted octanol–water partition coefficient (Wildman–Crippen LogP) is 1.90. The number of carbonyl (C=O) groups excluding carboxylic acids is 1. The number of fused-ring (bicyclic) bond motifs is 1. The van der Waals surface area contributed by atoms with Crippen LogP contribution in [0.4, 0.5) is 0 Å². The van der Waals surface area contributed by atoms with Crippen molar-refractivity contribution in [3.05, 3.63) is 48.3 Å². The number of ether oxygens (including phenoxy) is 2. The fraction of sp³-hybridized carbons (Fsp3) is 0.364. The van der Waals surface area contributed by atoms with Crippen LogP contribution in [0.2, 0.25) is 0 Å². The van der Waals surface area contributed by atoms with Gasteiger partial charge in [0.05, 0.1) is 30.1 Å². The van der Waals surface area contributed by atoms with Gasteiger partial charge in [0.2, 0.25) is 15.9 Å². The van der Waals surface area contributed by atoms with Crippen LogP contribution < -0.4 is 9.47 Å². The van der Waals surface area contributed by atoms with Gasteiger partial charge in [-0.25, -0.2) is 13.4 Å². The molecule has 2 aromatic carbocycles. The molecule has 0 bridgehead atoms. The summed E-state index contributed by atoms with van der Waals surface area (Å²) >= 11 is 0. The summed E-state index contributed by atoms with van der Waals surface area (Å²) in [6.07, 6.45) is 0. The molecular formula is C22H26N4O5S. The maximum Gasteiger partial charge on any atom is 0.243 e. The van der Waals surface area contributed by atoms with Crippen molar-refractivity contribution in [1.29, 1.82) is 0 Å². The monoisotopic (exact) mass is 458 g/mol. The Morgan fingerprint density at radius 2 is 1.69 bits per heavy atom. The van der Waals surface area contributed by atoms with Gasteiger partial charge in [0.15, 0.2) is 11.5 Å². The van der Waals surface area contributed by atoms with Crippen LogP contribution in [0.5, 0.6) is 11.5 Å². The second-order valence-corrected chi connectivity index (χ2v) is 9.47. The van der Waals surface area contributed by atoms with Crippen molar-refractivity contribution in [3.63, 3.8) is 0 Å². The van der Waals surface area contributed by atoms with E-state index in [4.69, 9.17) is 9.47 Å². The molecule has 0 unspecified atom stereocenters. The minimum absolute atomic E-state index is 0.0561. The molecule has 0 N–H and O–H groups in total. The predicted molar refractivity (Wildman–Crippen MR) is 119 cm³/mol. The van der Waals surface area contributed by atoms with Crippen molar-refractivity contribution in [1.82, 2.24) is 18.8 Å². The van der Waals surface area contributed by atoms with E-state index in [-0.39, 0.29) is 30.4 Å². The average Bonchev–Trinajstić information content (AvgIpc) is 3.13. The van der Waals surface area contributed by atoms with Crippen molar-refractivity contribution in [3.8, 4) is 11.5 Å². The van der Waals surface area contributed by atoms with Crippen LogP contribution in [-0.4, -0.2) is 73.5 Å². The van der Waals surface area contributed by atoms with Gasteiger partial charge < -0.3 is 18.9 Å². The second kappa shape index (κ2) is 8.79. The molecule has 3 aromatic rings. The Balaban J connectivity index is 1.44. The Hall–Kier alpha value is -3.11. The molecule has 0 spiro atoms. The van der Waals surface area contributed by atoms with Gasteiger partial charge >= 0.3 is 0 Å². The number of imidazole rings is 1. The maximum atomic E-state index is 13.1. The zero-order valence-electron chi connectivity index (χ0n) is 18.3. The van der Waals surface area contributed by atoms with E-state index in [2.05, 4.69) is 4.98 Å². The fourth-order valence-corrected chi connectivity index (χ4v) is 5.37. The molecular weight excluding hydrogens is 432 g/mol. The number of sulfonamides is 1. The van der Waals surface area contributed by atoms with Gasteiger partial charge in [-0.1, -0.05) is 12.1 Å². The summed E-state index contributed by atoms with van der Waals surface area (Å²) in [5.74, 6) is 1.53. The number of carbonyl (C=O) groups is 1. The summed E-state index contributed by atoms with van der Waals surface area (Å²) in [6, 6.07) is 12.2. The molecule has 0 radical (unpaired) electrons. The molecule has 1 aliphatic rings. The normalized spacial score (nSPS) is 15.2. The van der Waals surface area contributed by atoms with E-state index in [1.807, 2.05) is 35.8 Å². The number of amides is 1. The highest BCUT2D eigenvalue weighted by molar-refractivity contribution is 7.89. The first kappa shape index (κ1) is 22.1. The summed E-state index contributed by atoms with van der Waals surface area (Å²) in [5, 5.41) is 0. The molecule has 32 heavy (non-hydrogen) atoms. The number of methoxy groups -OCH3 is 2. The molecule has 170 valence electrons. The van der Waals surface area contributed by atoms with Crippen molar-refractivity contribution in [2.45, 2.75) is 18.4 Å². The van der Waals surface area contributed by atoms with E-state index in [1.165, 1.54) is 30.7 Å². The quantitative estimate of drug-likeness (QED) is 0.560. The first-order valence-electron chi connectivity index (χ1n) is 10.3. The topological polar surface area (TPSA) is 94.0 Å². The van der Waals surface area contributed by atoms with Crippen LogP contribution in [0.1, 0.15) is 5.82 Å². The molecule has 1 amide bonds. The summed E-state index contributed by atoms with van der Waals surface area (Å²) < 4.78 is 39.9. The lowest BCUT2D eigenvalue weighted by molar-refractivity contribution is -0.133. The molecule has 1 aromatic heterocycles. The summed E-state index contributed by atoms with van der Waals surface area (Å²) in [5.41, 5.74) is 1.76. The SMILES string of the molecule is COc1ccc(S(=O)(=O)N2CCN(C(=O)Cn3c(C)nc4ccccc43)CC2)cc1OC. The number of nitrogens with zero attached hydrogens (tertiary/aromatic N) is 4. The molecule has 1 aliphatic heterocycles. The van der Waals surface area contributed by atoms with Gasteiger partial charge in [-0.3, -0.25) is 4.79 Å². The van der Waals surface area contributed by atoms with Crippen LogP contribution in [-0.2, 0) is 21.4 Å². The first-order valence-corrected chi connectivity index (χ1v) is 11.7. The summed E-state index contributed by atoms with van der Waals surface area (Å²) in [4.78, 5) is 19.3. The van der Waals surface area contributed by atoms with Gasteiger partial charge in [-0.15, -0.1) is 0 Å². The van der Waals surface area contributed by atoms with Crippen LogP contribution in [0.15, 0.2) is 47.4 Å². The Morgan fingerprint density at radius 1 is 1.00 bits per heavy atom. The Bertz CT molecular complexity index is 1250. The largest absolute Gasteiger partial charge is 0.493 e. The molecule has 4 rings (SSSR count). The summed E-state index contributed by atoms with van der Waals surface area (Å²) in [7, 11) is -0.751. The van der Waals surface area contributed by atoms with Crippen molar-refractivity contribution >= 4 is 27.0 Å². The number of piperazine rings is 1. The Labute approximate surface area is 187 Å². The molecule has 1 saturated heterocycles. The number of aromatic nitrogens is 2. The van der Waals surface area contributed by atoms with E-state index in [0.717, 1.165) is 16.9 Å². The summed E-state index contributed by atoms with van der Waals surface area (Å²) in [6.45, 7) is 3.17. The zero-order chi connectivity index (χ0) is 22.9. The smallest absolute Gasteiger partial charge is 0.243 e. The number of benzene rings is 2. The maximum absolute atomic E-state index is 13.1. The molecule has 1 fully saturated rings. The van der Waals surface area contributed by atoms with Gasteiger partial charge in [0.1, 0.15) is 12.4 Å². The average molecular weight is 459 g/mol. The molecule has 9 nitrogen and oxygen atoms in total. The Kier molecular flexibility index (Phi) is 6.07. The number of aryl methyl sites for hydroxylation is 1. The van der Waals surface area contributed by atoms with Crippen LogP contribution in [0.3, 0.4) is 0 Å². The molecule has 0 atom stereocenters. The molecule has 10 heteroatoms. The number of hydrogen-bond donors (Lipinski definition) is 0. The molecule has 0 aliphatic carbocycles. The first-order chi connectivity index (χ1) is 15.3.